The Bertz CT molecular complexity index is 723. The number of carbonyl (C=O) groups excluding carboxylic acids is 1. The molecule has 0 bridgehead atoms. The van der Waals surface area contributed by atoms with Gasteiger partial charge in [-0.15, -0.1) is 11.3 Å². The normalized spacial score (nSPS) is 15.7. The first-order chi connectivity index (χ1) is 11.6. The molecule has 2 aromatic rings. The van der Waals surface area contributed by atoms with Gasteiger partial charge in [-0.05, 0) is 31.0 Å². The van der Waals surface area contributed by atoms with Gasteiger partial charge in [0.2, 0.25) is 0 Å². The lowest BCUT2D eigenvalue weighted by Gasteiger charge is -2.34. The van der Waals surface area contributed by atoms with Gasteiger partial charge in [0.05, 0.1) is 10.7 Å². The number of hydrogen-bond acceptors (Lipinski definition) is 4. The monoisotopic (exact) mass is 347 g/mol. The Hall–Kier alpha value is -1.79. The second-order valence-corrected chi connectivity index (χ2v) is 7.06. The van der Waals surface area contributed by atoms with E-state index in [0.29, 0.717) is 24.2 Å². The molecule has 24 heavy (non-hydrogen) atoms. The first kappa shape index (κ1) is 17.0. The number of hydrogen-bond donors (Lipinski definition) is 0. The van der Waals surface area contributed by atoms with E-state index in [1.54, 1.807) is 35.3 Å². The molecule has 2 heterocycles. The van der Waals surface area contributed by atoms with E-state index >= 15 is 0 Å². The summed E-state index contributed by atoms with van der Waals surface area (Å²) in [6.07, 6.45) is 0.972. The Labute approximate surface area is 145 Å². The molecule has 1 aliphatic rings. The maximum Gasteiger partial charge on any atom is 0.254 e. The summed E-state index contributed by atoms with van der Waals surface area (Å²) < 4.78 is 13.7. The number of amides is 1. The zero-order chi connectivity index (χ0) is 17.1. The van der Waals surface area contributed by atoms with E-state index in [1.165, 1.54) is 11.1 Å². The van der Waals surface area contributed by atoms with Crippen LogP contribution in [0, 0.1) is 12.7 Å². The van der Waals surface area contributed by atoms with Gasteiger partial charge in [0, 0.05) is 43.7 Å². The van der Waals surface area contributed by atoms with Crippen molar-refractivity contribution in [3.05, 3.63) is 51.2 Å². The molecule has 0 radical (unpaired) electrons. The molecule has 0 spiro atoms. The Morgan fingerprint density at radius 3 is 2.67 bits per heavy atom. The van der Waals surface area contributed by atoms with Crippen LogP contribution in [0.2, 0.25) is 0 Å². The third-order valence-electron chi connectivity index (χ3n) is 4.37. The summed E-state index contributed by atoms with van der Waals surface area (Å²) in [4.78, 5) is 21.2. The predicted octanol–water partition coefficient (Wildman–Crippen LogP) is 3.11. The minimum atomic E-state index is -0.324. The second kappa shape index (κ2) is 7.40. The van der Waals surface area contributed by atoms with Gasteiger partial charge in [-0.1, -0.05) is 13.0 Å². The van der Waals surface area contributed by atoms with Gasteiger partial charge in [0.25, 0.3) is 5.91 Å². The SMILES string of the molecule is CCc1nc(CN2CCN(C(=O)c3ccc(C)c(F)c3)CC2)cs1. The van der Waals surface area contributed by atoms with Crippen molar-refractivity contribution in [2.24, 2.45) is 0 Å². The maximum atomic E-state index is 13.7. The Kier molecular flexibility index (Phi) is 5.26. The molecule has 0 saturated carbocycles. The summed E-state index contributed by atoms with van der Waals surface area (Å²) >= 11 is 1.71. The third-order valence-corrected chi connectivity index (χ3v) is 5.41. The number of halogens is 1. The molecule has 1 amide bonds. The molecule has 1 aliphatic heterocycles. The summed E-state index contributed by atoms with van der Waals surface area (Å²) in [6.45, 7) is 7.61. The van der Waals surface area contributed by atoms with Gasteiger partial charge in [-0.2, -0.15) is 0 Å². The van der Waals surface area contributed by atoms with Crippen LogP contribution in [0.5, 0.6) is 0 Å². The molecule has 0 atom stereocenters. The van der Waals surface area contributed by atoms with E-state index in [1.807, 2.05) is 0 Å². The largest absolute Gasteiger partial charge is 0.336 e. The average Bonchev–Trinajstić information content (AvgIpc) is 3.05. The molecular weight excluding hydrogens is 325 g/mol. The average molecular weight is 347 g/mol. The summed E-state index contributed by atoms with van der Waals surface area (Å²) in [5, 5.41) is 3.28. The van der Waals surface area contributed by atoms with Crippen LogP contribution in [0.3, 0.4) is 0 Å². The van der Waals surface area contributed by atoms with E-state index in [4.69, 9.17) is 0 Å². The Balaban J connectivity index is 1.56. The van der Waals surface area contributed by atoms with Crippen molar-refractivity contribution in [1.29, 1.82) is 0 Å². The predicted molar refractivity (Wildman–Crippen MR) is 93.8 cm³/mol. The van der Waals surface area contributed by atoms with Crippen molar-refractivity contribution in [3.63, 3.8) is 0 Å². The molecule has 128 valence electrons. The fourth-order valence-corrected chi connectivity index (χ4v) is 3.57. The van der Waals surface area contributed by atoms with Crippen LogP contribution in [0.1, 0.15) is 33.5 Å². The zero-order valence-electron chi connectivity index (χ0n) is 14.1. The standard InChI is InChI=1S/C18H22FN3OS/c1-3-17-20-15(12-24-17)11-21-6-8-22(9-7-21)18(23)14-5-4-13(2)16(19)10-14/h4-5,10,12H,3,6-9,11H2,1-2H3. The summed E-state index contributed by atoms with van der Waals surface area (Å²) in [5.41, 5.74) is 2.10. The topological polar surface area (TPSA) is 36.4 Å². The Morgan fingerprint density at radius 1 is 1.29 bits per heavy atom. The lowest BCUT2D eigenvalue weighted by atomic mass is 10.1. The number of nitrogens with zero attached hydrogens (tertiary/aromatic N) is 3. The van der Waals surface area contributed by atoms with Crippen molar-refractivity contribution in [2.45, 2.75) is 26.8 Å². The number of carbonyl (C=O) groups is 1. The van der Waals surface area contributed by atoms with Crippen molar-refractivity contribution in [2.75, 3.05) is 26.2 Å². The third kappa shape index (κ3) is 3.82. The molecule has 1 aromatic heterocycles. The van der Waals surface area contributed by atoms with Crippen LogP contribution < -0.4 is 0 Å². The molecule has 6 heteroatoms. The molecule has 1 fully saturated rings. The molecular formula is C18H22FN3OS. The van der Waals surface area contributed by atoms with Gasteiger partial charge >= 0.3 is 0 Å². The fraction of sp³-hybridized carbons (Fsp3) is 0.444. The lowest BCUT2D eigenvalue weighted by molar-refractivity contribution is 0.0626. The van der Waals surface area contributed by atoms with E-state index in [2.05, 4.69) is 22.2 Å². The smallest absolute Gasteiger partial charge is 0.254 e. The summed E-state index contributed by atoms with van der Waals surface area (Å²) in [7, 11) is 0. The van der Waals surface area contributed by atoms with Crippen LogP contribution in [-0.4, -0.2) is 46.9 Å². The van der Waals surface area contributed by atoms with E-state index in [9.17, 15) is 9.18 Å². The highest BCUT2D eigenvalue weighted by atomic mass is 32.1. The number of thiazole rings is 1. The number of rotatable bonds is 4. The van der Waals surface area contributed by atoms with Gasteiger partial charge in [-0.25, -0.2) is 9.37 Å². The molecule has 1 aromatic carbocycles. The molecule has 1 saturated heterocycles. The van der Waals surface area contributed by atoms with Gasteiger partial charge in [0.1, 0.15) is 5.82 Å². The van der Waals surface area contributed by atoms with E-state index in [-0.39, 0.29) is 11.7 Å². The number of benzene rings is 1. The van der Waals surface area contributed by atoms with Gasteiger partial charge in [-0.3, -0.25) is 9.69 Å². The minimum Gasteiger partial charge on any atom is -0.336 e. The second-order valence-electron chi connectivity index (χ2n) is 6.12. The van der Waals surface area contributed by atoms with Crippen molar-refractivity contribution in [3.8, 4) is 0 Å². The van der Waals surface area contributed by atoms with E-state index in [0.717, 1.165) is 31.7 Å². The van der Waals surface area contributed by atoms with Gasteiger partial charge < -0.3 is 4.90 Å². The van der Waals surface area contributed by atoms with Crippen LogP contribution >= 0.6 is 11.3 Å². The van der Waals surface area contributed by atoms with Crippen LogP contribution in [0.25, 0.3) is 0 Å². The molecule has 0 N–H and O–H groups in total. The minimum absolute atomic E-state index is 0.0875. The first-order valence-electron chi connectivity index (χ1n) is 8.28. The van der Waals surface area contributed by atoms with Crippen molar-refractivity contribution in [1.82, 2.24) is 14.8 Å². The van der Waals surface area contributed by atoms with Gasteiger partial charge in [0.15, 0.2) is 0 Å². The van der Waals surface area contributed by atoms with Crippen molar-refractivity contribution >= 4 is 17.2 Å². The highest BCUT2D eigenvalue weighted by molar-refractivity contribution is 7.09. The zero-order valence-corrected chi connectivity index (χ0v) is 14.9. The van der Waals surface area contributed by atoms with Crippen LogP contribution in [-0.2, 0) is 13.0 Å². The molecule has 0 unspecified atom stereocenters. The molecule has 3 rings (SSSR count). The molecule has 0 aliphatic carbocycles. The fourth-order valence-electron chi connectivity index (χ4n) is 2.83. The van der Waals surface area contributed by atoms with Crippen molar-refractivity contribution < 1.29 is 9.18 Å². The van der Waals surface area contributed by atoms with Crippen LogP contribution in [0.15, 0.2) is 23.6 Å². The highest BCUT2D eigenvalue weighted by Gasteiger charge is 2.23. The number of aryl methyl sites for hydroxylation is 2. The Morgan fingerprint density at radius 2 is 2.04 bits per heavy atom. The maximum absolute atomic E-state index is 13.7. The number of aromatic nitrogens is 1. The number of piperazine rings is 1. The highest BCUT2D eigenvalue weighted by Crippen LogP contribution is 2.16. The quantitative estimate of drug-likeness (QED) is 0.853. The van der Waals surface area contributed by atoms with Crippen LogP contribution in [0.4, 0.5) is 4.39 Å². The molecule has 4 nitrogen and oxygen atoms in total. The summed E-state index contributed by atoms with van der Waals surface area (Å²) in [5.74, 6) is -0.412. The first-order valence-corrected chi connectivity index (χ1v) is 9.16. The lowest BCUT2D eigenvalue weighted by Crippen LogP contribution is -2.48. The summed E-state index contributed by atoms with van der Waals surface area (Å²) in [6, 6.07) is 4.70. The van der Waals surface area contributed by atoms with E-state index < -0.39 is 0 Å².